The van der Waals surface area contributed by atoms with Gasteiger partial charge in [-0.25, -0.2) is 4.79 Å². The summed E-state index contributed by atoms with van der Waals surface area (Å²) in [4.78, 5) is 8.56. The summed E-state index contributed by atoms with van der Waals surface area (Å²) in [6, 6.07) is 0. The largest absolute Gasteiger partial charge is 2.00 e. The Hall–Kier alpha value is 4.31. The molecule has 0 aromatic carbocycles. The molecule has 0 spiro atoms. The molecule has 0 aliphatic carbocycles. The van der Waals surface area contributed by atoms with Gasteiger partial charge < -0.3 is 21.6 Å². The van der Waals surface area contributed by atoms with Crippen LogP contribution in [0.5, 0.6) is 0 Å². The molecule has 0 aliphatic rings. The van der Waals surface area contributed by atoms with Gasteiger partial charge >= 0.3 is 157 Å². The van der Waals surface area contributed by atoms with Crippen LogP contribution in [-0.4, -0.2) is 167 Å². The first-order valence-corrected chi connectivity index (χ1v) is 0.651. The normalized spacial score (nSPS) is 3.00. The quantitative estimate of drug-likeness (QED) is 0.557. The van der Waals surface area contributed by atoms with Crippen molar-refractivity contribution < 1.29 is 26.4 Å². The third kappa shape index (κ3) is 48.1. The summed E-state index contributed by atoms with van der Waals surface area (Å²) in [5.41, 5.74) is 0. The number of hydrogen-bond donors (Lipinski definition) is 2. The van der Waals surface area contributed by atoms with Crippen LogP contribution in [0.1, 0.15) is 11.4 Å². The van der Waals surface area contributed by atoms with Crippen molar-refractivity contribution >= 4 is 157 Å². The van der Waals surface area contributed by atoms with E-state index in [9.17, 15) is 0 Å². The number of hydrogen-bond acceptors (Lipinski definition) is 1. The van der Waals surface area contributed by atoms with Crippen molar-refractivity contribution in [1.82, 2.24) is 0 Å². The van der Waals surface area contributed by atoms with E-state index < -0.39 is 6.16 Å². The Kier molecular flexibility index (Phi) is 82.9. The number of carboxylic acid groups (broad SMARTS) is 2. The molecule has 0 rings (SSSR count). The molecule has 0 radical (unpaired) electrons. The maximum absolute atomic E-state index is 8.56. The number of rotatable bonds is 0. The van der Waals surface area contributed by atoms with Gasteiger partial charge in [0.05, 0.1) is 0 Å². The summed E-state index contributed by atoms with van der Waals surface area (Å²) in [5, 5.41) is 13.9. The summed E-state index contributed by atoms with van der Waals surface area (Å²) >= 11 is 0. The molecule has 3 nitrogen and oxygen atoms in total. The minimum atomic E-state index is -1.83. The van der Waals surface area contributed by atoms with Gasteiger partial charge in [-0.1, -0.05) is 0 Å². The zero-order valence-electron chi connectivity index (χ0n) is 12.6. The molecule has 0 aromatic rings. The zero-order chi connectivity index (χ0) is 3.58. The van der Waals surface area contributed by atoms with E-state index in [1.54, 1.807) is 0 Å². The summed E-state index contributed by atoms with van der Waals surface area (Å²) in [6.07, 6.45) is -1.83. The number of carbonyl (C=O) groups is 1. The summed E-state index contributed by atoms with van der Waals surface area (Å²) < 4.78 is 0. The molecule has 0 amide bonds. The van der Waals surface area contributed by atoms with Crippen LogP contribution in [-0.2, 0) is 0 Å². The minimum absolute atomic E-state index is 0. The summed E-state index contributed by atoms with van der Waals surface area (Å²) in [5.74, 6) is 0. The Morgan fingerprint density at radius 1 is 1.00 bits per heavy atom. The van der Waals surface area contributed by atoms with Crippen molar-refractivity contribution in [3.8, 4) is 0 Å². The molecule has 40 valence electrons. The first-order valence-electron chi connectivity index (χ1n) is 0.651. The molecule has 0 atom stereocenters. The third-order valence-electron chi connectivity index (χ3n) is 0. The van der Waals surface area contributed by atoms with E-state index >= 15 is 0 Å². The van der Waals surface area contributed by atoms with Crippen LogP contribution in [0.15, 0.2) is 0 Å². The van der Waals surface area contributed by atoms with Gasteiger partial charge in [0.15, 0.2) is 0 Å². The topological polar surface area (TPSA) is 57.5 Å². The monoisotopic (exact) mass is 230 g/mol. The SMILES string of the molecule is O=C(O)O.[Ca+2].[Ca+2].[Ca+2].[Ca+2].[H-].[H-].[H-].[H-].[H-].[H-].[H-].[H-]. The average molecular weight is 230 g/mol. The van der Waals surface area contributed by atoms with Crippen molar-refractivity contribution in [1.29, 1.82) is 0 Å². The first-order chi connectivity index (χ1) is 1.73. The molecule has 8 heavy (non-hydrogen) atoms. The average Bonchev–Trinajstić information content (AvgIpc) is 0.811. The maximum Gasteiger partial charge on any atom is 2.00 e. The van der Waals surface area contributed by atoms with E-state index in [-0.39, 0.29) is 162 Å². The maximum atomic E-state index is 8.56. The van der Waals surface area contributed by atoms with Crippen molar-refractivity contribution in [3.63, 3.8) is 0 Å². The summed E-state index contributed by atoms with van der Waals surface area (Å²) in [7, 11) is 0. The van der Waals surface area contributed by atoms with Gasteiger partial charge in [-0.05, 0) is 0 Å². The van der Waals surface area contributed by atoms with E-state index in [1.807, 2.05) is 0 Å². The first kappa shape index (κ1) is 29.5. The van der Waals surface area contributed by atoms with Gasteiger partial charge in [-0.2, -0.15) is 0 Å². The van der Waals surface area contributed by atoms with E-state index in [1.165, 1.54) is 0 Å². The summed E-state index contributed by atoms with van der Waals surface area (Å²) in [6.45, 7) is 0. The van der Waals surface area contributed by atoms with Crippen LogP contribution in [0.3, 0.4) is 0 Å². The Bertz CT molecular complexity index is 50.3. The molecule has 0 fully saturated rings. The van der Waals surface area contributed by atoms with Gasteiger partial charge in [0, 0.05) is 0 Å². The smallest absolute Gasteiger partial charge is 1.00 e. The molecule has 0 aliphatic heterocycles. The van der Waals surface area contributed by atoms with Crippen LogP contribution in [0.25, 0.3) is 0 Å². The van der Waals surface area contributed by atoms with Crippen LogP contribution < -0.4 is 0 Å². The van der Waals surface area contributed by atoms with Gasteiger partial charge in [0.1, 0.15) is 0 Å². The molecule has 0 saturated heterocycles. The van der Waals surface area contributed by atoms with E-state index in [0.29, 0.717) is 0 Å². The van der Waals surface area contributed by atoms with Gasteiger partial charge in [-0.3, -0.25) is 0 Å². The van der Waals surface area contributed by atoms with Gasteiger partial charge in [0.25, 0.3) is 0 Å². The fourth-order valence-electron chi connectivity index (χ4n) is 0. The van der Waals surface area contributed by atoms with Gasteiger partial charge in [0.2, 0.25) is 0 Å². The Balaban J connectivity index is -0.000000000682. The minimum Gasteiger partial charge on any atom is -1.00 e. The van der Waals surface area contributed by atoms with Crippen LogP contribution in [0.4, 0.5) is 4.79 Å². The van der Waals surface area contributed by atoms with Crippen molar-refractivity contribution in [2.45, 2.75) is 0 Å². The van der Waals surface area contributed by atoms with E-state index in [0.717, 1.165) is 0 Å². The predicted molar refractivity (Wildman–Crippen MR) is 42.6 cm³/mol. The second-order valence-electron chi connectivity index (χ2n) is 0.283. The fraction of sp³-hybridized carbons (Fsp3) is 0. The second kappa shape index (κ2) is 22.5. The molecular formula is CH10Ca4O3. The molecule has 7 heteroatoms. The predicted octanol–water partition coefficient (Wildman–Crippen LogP) is -0.401. The van der Waals surface area contributed by atoms with E-state index in [2.05, 4.69) is 0 Å². The Morgan fingerprint density at radius 2 is 1.00 bits per heavy atom. The fourth-order valence-corrected chi connectivity index (χ4v) is 0. The Morgan fingerprint density at radius 3 is 1.00 bits per heavy atom. The third-order valence-corrected chi connectivity index (χ3v) is 0. The molecule has 0 saturated carbocycles. The molecule has 0 bridgehead atoms. The van der Waals surface area contributed by atoms with E-state index in [4.69, 9.17) is 15.0 Å². The molecule has 0 aromatic heterocycles. The van der Waals surface area contributed by atoms with Crippen LogP contribution >= 0.6 is 0 Å². The van der Waals surface area contributed by atoms with Crippen molar-refractivity contribution in [2.24, 2.45) is 0 Å². The molecule has 0 heterocycles. The molecule has 2 N–H and O–H groups in total. The van der Waals surface area contributed by atoms with Crippen LogP contribution in [0.2, 0.25) is 0 Å². The van der Waals surface area contributed by atoms with Crippen molar-refractivity contribution in [3.05, 3.63) is 0 Å². The van der Waals surface area contributed by atoms with Crippen LogP contribution in [0, 0.1) is 0 Å². The molecular weight excluding hydrogens is 220 g/mol. The standard InChI is InChI=1S/CH2O3.4Ca.8H/c2-1(3)4;;;;;;;;;;;;/h(H2,2,3,4);;;;;;;;;;;;/q;4*+2;8*-1. The zero-order valence-corrected chi connectivity index (χ0v) is 13.5. The second-order valence-corrected chi connectivity index (χ2v) is 0.283. The van der Waals surface area contributed by atoms with Crippen molar-refractivity contribution in [2.75, 3.05) is 0 Å². The van der Waals surface area contributed by atoms with Gasteiger partial charge in [-0.15, -0.1) is 0 Å². The molecule has 0 unspecified atom stereocenters. The Labute approximate surface area is 179 Å².